The van der Waals surface area contributed by atoms with E-state index in [0.29, 0.717) is 13.0 Å². The van der Waals surface area contributed by atoms with E-state index in [-0.39, 0.29) is 0 Å². The molecular weight excluding hydrogens is 186 g/mol. The molecule has 0 saturated carbocycles. The number of ketones is 1. The summed E-state index contributed by atoms with van der Waals surface area (Å²) in [5.41, 5.74) is 0. The quantitative estimate of drug-likeness (QED) is 0.454. The van der Waals surface area contributed by atoms with Gasteiger partial charge >= 0.3 is 5.97 Å². The molecule has 5 nitrogen and oxygen atoms in total. The van der Waals surface area contributed by atoms with E-state index in [1.807, 2.05) is 0 Å². The Kier molecular flexibility index (Phi) is 3.22. The fraction of sp³-hybridized carbons (Fsp3) is 0.667. The molecule has 0 aromatic rings. The number of esters is 1. The molecule has 0 aromatic carbocycles. The fourth-order valence-electron chi connectivity index (χ4n) is 1.59. The molecule has 1 heterocycles. The van der Waals surface area contributed by atoms with Gasteiger partial charge in [-0.3, -0.25) is 9.59 Å². The van der Waals surface area contributed by atoms with Gasteiger partial charge in [0.2, 0.25) is 5.78 Å². The van der Waals surface area contributed by atoms with Gasteiger partial charge in [-0.1, -0.05) is 0 Å². The van der Waals surface area contributed by atoms with Crippen LogP contribution in [-0.4, -0.2) is 42.3 Å². The molecule has 1 fully saturated rings. The summed E-state index contributed by atoms with van der Waals surface area (Å²) in [7, 11) is 1.27. The van der Waals surface area contributed by atoms with E-state index in [4.69, 9.17) is 0 Å². The Labute approximate surface area is 82.0 Å². The van der Waals surface area contributed by atoms with Crippen LogP contribution in [0.3, 0.4) is 0 Å². The lowest BCUT2D eigenvalue weighted by Crippen LogP contribution is -2.43. The Hall–Kier alpha value is -1.39. The molecule has 0 aromatic heterocycles. The van der Waals surface area contributed by atoms with Gasteiger partial charge in [0.15, 0.2) is 0 Å². The third-order valence-corrected chi connectivity index (χ3v) is 2.29. The van der Waals surface area contributed by atoms with Crippen LogP contribution in [0.25, 0.3) is 0 Å². The summed E-state index contributed by atoms with van der Waals surface area (Å²) >= 11 is 0. The number of ether oxygens (including phenoxy) is 1. The maximum Gasteiger partial charge on any atom is 0.328 e. The van der Waals surface area contributed by atoms with E-state index < -0.39 is 23.7 Å². The number of carbonyl (C=O) groups is 3. The van der Waals surface area contributed by atoms with Crippen LogP contribution in [0.1, 0.15) is 19.8 Å². The molecule has 0 unspecified atom stereocenters. The first-order valence-corrected chi connectivity index (χ1v) is 4.47. The maximum atomic E-state index is 11.3. The van der Waals surface area contributed by atoms with Crippen molar-refractivity contribution in [2.45, 2.75) is 25.8 Å². The molecule has 0 radical (unpaired) electrons. The Morgan fingerprint density at radius 1 is 1.36 bits per heavy atom. The van der Waals surface area contributed by atoms with Gasteiger partial charge in [-0.15, -0.1) is 0 Å². The zero-order valence-electron chi connectivity index (χ0n) is 8.28. The highest BCUT2D eigenvalue weighted by Gasteiger charge is 2.36. The van der Waals surface area contributed by atoms with Crippen molar-refractivity contribution in [3.05, 3.63) is 0 Å². The average molecular weight is 199 g/mol. The van der Waals surface area contributed by atoms with Gasteiger partial charge in [0, 0.05) is 13.5 Å². The zero-order chi connectivity index (χ0) is 10.7. The highest BCUT2D eigenvalue weighted by atomic mass is 16.5. The lowest BCUT2D eigenvalue weighted by atomic mass is 10.2. The highest BCUT2D eigenvalue weighted by Crippen LogP contribution is 2.18. The molecule has 78 valence electrons. The summed E-state index contributed by atoms with van der Waals surface area (Å²) < 4.78 is 4.55. The molecule has 1 atom stereocenters. The SMILES string of the molecule is COC(=O)[C@@H]1CCCN1C(=O)C(C)=O. The second kappa shape index (κ2) is 4.21. The van der Waals surface area contributed by atoms with Gasteiger partial charge < -0.3 is 9.64 Å². The molecule has 0 spiro atoms. The van der Waals surface area contributed by atoms with Crippen LogP contribution in [0, 0.1) is 0 Å². The third-order valence-electron chi connectivity index (χ3n) is 2.29. The maximum absolute atomic E-state index is 11.3. The van der Waals surface area contributed by atoms with Crippen molar-refractivity contribution in [1.29, 1.82) is 0 Å². The summed E-state index contributed by atoms with van der Waals surface area (Å²) in [4.78, 5) is 34.7. The predicted octanol–water partition coefficient (Wildman–Crippen LogP) is -0.261. The summed E-state index contributed by atoms with van der Waals surface area (Å²) in [6, 6.07) is -0.573. The monoisotopic (exact) mass is 199 g/mol. The van der Waals surface area contributed by atoms with Crippen LogP contribution in [0.15, 0.2) is 0 Å². The van der Waals surface area contributed by atoms with Crippen molar-refractivity contribution < 1.29 is 19.1 Å². The van der Waals surface area contributed by atoms with E-state index in [1.54, 1.807) is 0 Å². The number of amides is 1. The summed E-state index contributed by atoms with van der Waals surface area (Å²) in [5, 5.41) is 0. The van der Waals surface area contributed by atoms with Gasteiger partial charge in [-0.2, -0.15) is 0 Å². The normalized spacial score (nSPS) is 20.7. The highest BCUT2D eigenvalue weighted by molar-refractivity contribution is 6.35. The van der Waals surface area contributed by atoms with Crippen molar-refractivity contribution in [2.24, 2.45) is 0 Å². The number of carbonyl (C=O) groups excluding carboxylic acids is 3. The Bertz CT molecular complexity index is 274. The summed E-state index contributed by atoms with van der Waals surface area (Å²) in [6.45, 7) is 1.66. The predicted molar refractivity (Wildman–Crippen MR) is 47.4 cm³/mol. The number of Topliss-reactive ketones (excluding diaryl/α,β-unsaturated/α-hetero) is 1. The van der Waals surface area contributed by atoms with Crippen LogP contribution in [0.2, 0.25) is 0 Å². The van der Waals surface area contributed by atoms with E-state index in [1.165, 1.54) is 18.9 Å². The third kappa shape index (κ3) is 1.92. The minimum atomic E-state index is -0.599. The molecule has 0 aliphatic carbocycles. The Morgan fingerprint density at radius 2 is 2.00 bits per heavy atom. The number of nitrogens with zero attached hydrogens (tertiary/aromatic N) is 1. The van der Waals surface area contributed by atoms with E-state index >= 15 is 0 Å². The standard InChI is InChI=1S/C9H13NO4/c1-6(11)8(12)10-5-3-4-7(10)9(13)14-2/h7H,3-5H2,1-2H3/t7-/m0/s1. The second-order valence-electron chi connectivity index (χ2n) is 3.24. The smallest absolute Gasteiger partial charge is 0.328 e. The molecule has 1 rings (SSSR count). The fourth-order valence-corrected chi connectivity index (χ4v) is 1.59. The Balaban J connectivity index is 2.73. The van der Waals surface area contributed by atoms with Gasteiger partial charge in [-0.25, -0.2) is 4.79 Å². The van der Waals surface area contributed by atoms with Crippen LogP contribution >= 0.6 is 0 Å². The first-order chi connectivity index (χ1) is 6.57. The molecule has 14 heavy (non-hydrogen) atoms. The number of hydrogen-bond acceptors (Lipinski definition) is 4. The van der Waals surface area contributed by atoms with Crippen LogP contribution < -0.4 is 0 Å². The largest absolute Gasteiger partial charge is 0.467 e. The topological polar surface area (TPSA) is 63.7 Å². The summed E-state index contributed by atoms with van der Waals surface area (Å²) in [5.74, 6) is -1.59. The molecule has 1 aliphatic rings. The molecule has 0 N–H and O–H groups in total. The second-order valence-corrected chi connectivity index (χ2v) is 3.24. The van der Waals surface area contributed by atoms with Crippen LogP contribution in [0.5, 0.6) is 0 Å². The molecule has 1 aliphatic heterocycles. The molecule has 1 saturated heterocycles. The van der Waals surface area contributed by atoms with E-state index in [9.17, 15) is 14.4 Å². The number of rotatable bonds is 2. The molecular formula is C9H13NO4. The van der Waals surface area contributed by atoms with E-state index in [0.717, 1.165) is 6.42 Å². The van der Waals surface area contributed by atoms with Gasteiger partial charge in [0.1, 0.15) is 6.04 Å². The number of methoxy groups -OCH3 is 1. The zero-order valence-corrected chi connectivity index (χ0v) is 8.28. The first kappa shape index (κ1) is 10.7. The van der Waals surface area contributed by atoms with Crippen LogP contribution in [0.4, 0.5) is 0 Å². The minimum absolute atomic E-state index is 0.447. The molecule has 0 bridgehead atoms. The number of likely N-dealkylation sites (tertiary alicyclic amines) is 1. The van der Waals surface area contributed by atoms with Crippen molar-refractivity contribution in [3.8, 4) is 0 Å². The van der Waals surface area contributed by atoms with Crippen LogP contribution in [-0.2, 0) is 19.1 Å². The molecule has 5 heteroatoms. The van der Waals surface area contributed by atoms with Crippen molar-refractivity contribution in [1.82, 2.24) is 4.90 Å². The lowest BCUT2D eigenvalue weighted by molar-refractivity contribution is -0.153. The van der Waals surface area contributed by atoms with Crippen molar-refractivity contribution >= 4 is 17.7 Å². The minimum Gasteiger partial charge on any atom is -0.467 e. The van der Waals surface area contributed by atoms with Gasteiger partial charge in [0.05, 0.1) is 7.11 Å². The van der Waals surface area contributed by atoms with Crippen molar-refractivity contribution in [3.63, 3.8) is 0 Å². The average Bonchev–Trinajstić information content (AvgIpc) is 2.63. The van der Waals surface area contributed by atoms with Gasteiger partial charge in [-0.05, 0) is 12.8 Å². The van der Waals surface area contributed by atoms with Gasteiger partial charge in [0.25, 0.3) is 5.91 Å². The lowest BCUT2D eigenvalue weighted by Gasteiger charge is -2.20. The first-order valence-electron chi connectivity index (χ1n) is 4.47. The number of hydrogen-bond donors (Lipinski definition) is 0. The Morgan fingerprint density at radius 3 is 2.50 bits per heavy atom. The van der Waals surface area contributed by atoms with E-state index in [2.05, 4.69) is 4.74 Å². The van der Waals surface area contributed by atoms with Crippen molar-refractivity contribution in [2.75, 3.05) is 13.7 Å². The molecule has 1 amide bonds. The summed E-state index contributed by atoms with van der Waals surface area (Å²) in [6.07, 6.45) is 1.31.